The highest BCUT2D eigenvalue weighted by Gasteiger charge is 2.23. The van der Waals surface area contributed by atoms with E-state index < -0.39 is 18.0 Å². The normalized spacial score (nSPS) is 12.0. The number of carbonyl (C=O) groups is 2. The molecule has 0 fully saturated rings. The molecule has 9 heteroatoms. The maximum atomic E-state index is 12.5. The number of aromatic nitrogens is 2. The maximum Gasteiger partial charge on any atom is 0.339 e. The first-order valence-electron chi connectivity index (χ1n) is 8.48. The van der Waals surface area contributed by atoms with E-state index in [-0.39, 0.29) is 0 Å². The number of fused-ring (bicyclic) bond motifs is 1. The molecule has 7 nitrogen and oxygen atoms in total. The number of hydrogen-bond donors (Lipinski definition) is 1. The Kier molecular flexibility index (Phi) is 5.18. The molecule has 1 N–H and O–H groups in total. The number of ether oxygens (including phenoxy) is 1. The quantitative estimate of drug-likeness (QED) is 0.465. The van der Waals surface area contributed by atoms with Crippen molar-refractivity contribution in [3.8, 4) is 10.6 Å². The minimum Gasteiger partial charge on any atom is -0.449 e. The minimum atomic E-state index is -0.924. The zero-order chi connectivity index (χ0) is 19.5. The van der Waals surface area contributed by atoms with Crippen LogP contribution >= 0.6 is 22.7 Å². The molecular weight excluding hydrogens is 398 g/mol. The van der Waals surface area contributed by atoms with Crippen LogP contribution in [-0.2, 0) is 9.53 Å². The number of nitrogens with one attached hydrogen (secondary N) is 1. The number of oxazole rings is 1. The molecule has 1 atom stereocenters. The van der Waals surface area contributed by atoms with Crippen molar-refractivity contribution < 1.29 is 18.7 Å². The average Bonchev–Trinajstić information content (AvgIpc) is 3.45. The third-order valence-corrected chi connectivity index (χ3v) is 5.64. The highest BCUT2D eigenvalue weighted by molar-refractivity contribution is 7.16. The number of carbonyl (C=O) groups excluding carboxylic acids is 2. The predicted octanol–water partition coefficient (Wildman–Crippen LogP) is 4.59. The summed E-state index contributed by atoms with van der Waals surface area (Å²) in [7, 11) is 0. The summed E-state index contributed by atoms with van der Waals surface area (Å²) in [5, 5.41) is 7.03. The summed E-state index contributed by atoms with van der Waals surface area (Å²) in [6, 6.07) is 8.71. The fourth-order valence-electron chi connectivity index (χ4n) is 2.56. The van der Waals surface area contributed by atoms with E-state index in [9.17, 15) is 9.59 Å². The Hall–Kier alpha value is -3.04. The van der Waals surface area contributed by atoms with Crippen molar-refractivity contribution in [1.29, 1.82) is 0 Å². The topological polar surface area (TPSA) is 94.3 Å². The van der Waals surface area contributed by atoms with Crippen molar-refractivity contribution in [1.82, 2.24) is 9.97 Å². The van der Waals surface area contributed by atoms with E-state index >= 15 is 0 Å². The van der Waals surface area contributed by atoms with Crippen molar-refractivity contribution in [2.75, 3.05) is 5.32 Å². The lowest BCUT2D eigenvalue weighted by molar-refractivity contribution is -0.124. The number of nitrogens with zero attached hydrogens (tertiary/aromatic N) is 2. The molecule has 1 amide bonds. The van der Waals surface area contributed by atoms with Crippen LogP contribution in [0.4, 0.5) is 5.13 Å². The Labute approximate surface area is 168 Å². The van der Waals surface area contributed by atoms with Crippen molar-refractivity contribution in [2.24, 2.45) is 0 Å². The lowest BCUT2D eigenvalue weighted by atomic mass is 10.2. The monoisotopic (exact) mass is 413 g/mol. The van der Waals surface area contributed by atoms with Gasteiger partial charge in [-0.1, -0.05) is 13.0 Å². The number of hydrogen-bond acceptors (Lipinski definition) is 8. The van der Waals surface area contributed by atoms with Crippen molar-refractivity contribution in [2.45, 2.75) is 19.4 Å². The number of amides is 1. The van der Waals surface area contributed by atoms with Crippen LogP contribution < -0.4 is 5.32 Å². The molecule has 0 spiro atoms. The van der Waals surface area contributed by atoms with Gasteiger partial charge in [-0.05, 0) is 36.1 Å². The number of rotatable bonds is 6. The number of anilines is 1. The summed E-state index contributed by atoms with van der Waals surface area (Å²) in [6.07, 6.45) is 0.721. The van der Waals surface area contributed by atoms with Gasteiger partial charge in [0.2, 0.25) is 0 Å². The second-order valence-electron chi connectivity index (χ2n) is 5.84. The van der Waals surface area contributed by atoms with E-state index in [1.807, 2.05) is 22.9 Å². The van der Waals surface area contributed by atoms with Gasteiger partial charge in [0.05, 0.1) is 16.1 Å². The van der Waals surface area contributed by atoms with Gasteiger partial charge in [0.15, 0.2) is 23.2 Å². The van der Waals surface area contributed by atoms with E-state index in [1.54, 1.807) is 36.5 Å². The van der Waals surface area contributed by atoms with Gasteiger partial charge in [0, 0.05) is 5.38 Å². The Balaban J connectivity index is 1.42. The van der Waals surface area contributed by atoms with Gasteiger partial charge in [-0.2, -0.15) is 0 Å². The van der Waals surface area contributed by atoms with Gasteiger partial charge in [-0.15, -0.1) is 22.7 Å². The van der Waals surface area contributed by atoms with E-state index in [2.05, 4.69) is 15.3 Å². The molecule has 0 aliphatic heterocycles. The largest absolute Gasteiger partial charge is 0.449 e. The summed E-state index contributed by atoms with van der Waals surface area (Å²) < 4.78 is 10.6. The number of benzene rings is 1. The van der Waals surface area contributed by atoms with Crippen LogP contribution in [0.2, 0.25) is 0 Å². The summed E-state index contributed by atoms with van der Waals surface area (Å²) in [6.45, 7) is 1.77. The Morgan fingerprint density at radius 1 is 1.29 bits per heavy atom. The molecular formula is C19H15N3O4S2. The molecule has 28 heavy (non-hydrogen) atoms. The van der Waals surface area contributed by atoms with Gasteiger partial charge < -0.3 is 9.15 Å². The number of thiazole rings is 1. The van der Waals surface area contributed by atoms with Gasteiger partial charge in [-0.25, -0.2) is 14.8 Å². The van der Waals surface area contributed by atoms with Crippen molar-refractivity contribution >= 4 is 50.8 Å². The fourth-order valence-corrected chi connectivity index (χ4v) is 4.03. The van der Waals surface area contributed by atoms with Crippen LogP contribution in [0.1, 0.15) is 23.7 Å². The van der Waals surface area contributed by atoms with Gasteiger partial charge in [-0.3, -0.25) is 10.1 Å². The first-order chi connectivity index (χ1) is 13.6. The van der Waals surface area contributed by atoms with Crippen molar-refractivity contribution in [3.05, 3.63) is 53.0 Å². The van der Waals surface area contributed by atoms with E-state index in [1.165, 1.54) is 17.7 Å². The zero-order valence-electron chi connectivity index (χ0n) is 14.7. The fraction of sp³-hybridized carbons (Fsp3) is 0.158. The standard InChI is InChI=1S/C19H15N3O4S2/c1-2-14(26-18(24)11-5-6-12-15(8-11)25-10-20-12)17(23)22-19-21-13(9-28-19)16-4-3-7-27-16/h3-10,14H,2H2,1H3,(H,21,22,23). The van der Waals surface area contributed by atoms with Gasteiger partial charge >= 0.3 is 5.97 Å². The average molecular weight is 413 g/mol. The molecule has 0 saturated carbocycles. The molecule has 3 aromatic heterocycles. The lowest BCUT2D eigenvalue weighted by Gasteiger charge is -2.15. The summed E-state index contributed by atoms with van der Waals surface area (Å²) in [5.74, 6) is -1.01. The first-order valence-corrected chi connectivity index (χ1v) is 10.2. The number of esters is 1. The molecule has 0 saturated heterocycles. The SMILES string of the molecule is CCC(OC(=O)c1ccc2ncoc2c1)C(=O)Nc1nc(-c2cccs2)cs1. The Bertz CT molecular complexity index is 1120. The second-order valence-corrected chi connectivity index (χ2v) is 7.65. The predicted molar refractivity (Wildman–Crippen MR) is 108 cm³/mol. The second kappa shape index (κ2) is 7.91. The van der Waals surface area contributed by atoms with Gasteiger partial charge in [0.1, 0.15) is 5.52 Å². The van der Waals surface area contributed by atoms with Crippen LogP contribution in [-0.4, -0.2) is 27.9 Å². The molecule has 0 aliphatic rings. The molecule has 0 bridgehead atoms. The van der Waals surface area contributed by atoms with Crippen LogP contribution in [0.25, 0.3) is 21.7 Å². The van der Waals surface area contributed by atoms with E-state index in [0.717, 1.165) is 10.6 Å². The Morgan fingerprint density at radius 3 is 2.96 bits per heavy atom. The summed E-state index contributed by atoms with van der Waals surface area (Å²) in [4.78, 5) is 34.4. The summed E-state index contributed by atoms with van der Waals surface area (Å²) in [5.41, 5.74) is 2.23. The van der Waals surface area contributed by atoms with E-state index in [4.69, 9.17) is 9.15 Å². The van der Waals surface area contributed by atoms with Crippen LogP contribution in [0, 0.1) is 0 Å². The molecule has 0 aliphatic carbocycles. The summed E-state index contributed by atoms with van der Waals surface area (Å²) >= 11 is 2.90. The smallest absolute Gasteiger partial charge is 0.339 e. The highest BCUT2D eigenvalue weighted by Crippen LogP contribution is 2.28. The lowest BCUT2D eigenvalue weighted by Crippen LogP contribution is -2.32. The molecule has 1 aromatic carbocycles. The van der Waals surface area contributed by atoms with Crippen LogP contribution in [0.3, 0.4) is 0 Å². The van der Waals surface area contributed by atoms with E-state index in [0.29, 0.717) is 28.2 Å². The third-order valence-electron chi connectivity index (χ3n) is 3.99. The minimum absolute atomic E-state index is 0.296. The zero-order valence-corrected chi connectivity index (χ0v) is 16.4. The molecule has 142 valence electrons. The molecule has 3 heterocycles. The maximum absolute atomic E-state index is 12.5. The number of thiophene rings is 1. The third kappa shape index (κ3) is 3.80. The molecule has 0 radical (unpaired) electrons. The first kappa shape index (κ1) is 18.3. The molecule has 4 rings (SSSR count). The van der Waals surface area contributed by atoms with Crippen LogP contribution in [0.15, 0.2) is 51.9 Å². The van der Waals surface area contributed by atoms with Gasteiger partial charge in [0.25, 0.3) is 5.91 Å². The molecule has 1 unspecified atom stereocenters. The van der Waals surface area contributed by atoms with Crippen LogP contribution in [0.5, 0.6) is 0 Å². The highest BCUT2D eigenvalue weighted by atomic mass is 32.1. The Morgan fingerprint density at radius 2 is 2.18 bits per heavy atom. The van der Waals surface area contributed by atoms with Crippen molar-refractivity contribution in [3.63, 3.8) is 0 Å². The molecule has 4 aromatic rings.